The number of thiocarbonyl (C=S) groups is 1. The lowest BCUT2D eigenvalue weighted by Crippen LogP contribution is -2.59. The van der Waals surface area contributed by atoms with Crippen LogP contribution < -0.4 is 14.5 Å². The summed E-state index contributed by atoms with van der Waals surface area (Å²) < 4.78 is 60.4. The Bertz CT molecular complexity index is 1990. The van der Waals surface area contributed by atoms with Crippen LogP contribution in [0.1, 0.15) is 101 Å². The summed E-state index contributed by atoms with van der Waals surface area (Å²) in [7, 11) is 0. The van der Waals surface area contributed by atoms with Crippen molar-refractivity contribution in [3.8, 4) is 11.9 Å². The van der Waals surface area contributed by atoms with Gasteiger partial charge in [0, 0.05) is 56.7 Å². The maximum atomic E-state index is 13.8. The Morgan fingerprint density at radius 2 is 1.65 bits per heavy atom. The number of halogens is 3. The van der Waals surface area contributed by atoms with Gasteiger partial charge in [0.25, 0.3) is 5.91 Å². The average Bonchev–Trinajstić information content (AvgIpc) is 3.65. The minimum absolute atomic E-state index is 0.000661. The van der Waals surface area contributed by atoms with Gasteiger partial charge in [-0.25, -0.2) is 14.8 Å². The molecule has 9 fully saturated rings. The molecule has 302 valence electrons. The highest BCUT2D eigenvalue weighted by Crippen LogP contribution is 2.64. The van der Waals surface area contributed by atoms with Crippen molar-refractivity contribution < 1.29 is 46.7 Å². The molecule has 3 spiro atoms. The molecule has 11 rings (SSSR count). The molecule has 6 aliphatic carbocycles. The first-order chi connectivity index (χ1) is 27.4. The van der Waals surface area contributed by atoms with Gasteiger partial charge in [-0.3, -0.25) is 9.69 Å². The first-order valence-corrected chi connectivity index (χ1v) is 20.6. The Kier molecular flexibility index (Phi) is 8.78. The van der Waals surface area contributed by atoms with E-state index in [2.05, 4.69) is 9.97 Å². The second-order valence-corrected chi connectivity index (χ2v) is 17.7. The topological polar surface area (TPSA) is 140 Å². The lowest BCUT2D eigenvalue weighted by atomic mass is 9.53. The summed E-state index contributed by atoms with van der Waals surface area (Å²) in [6.07, 6.45) is 8.28. The van der Waals surface area contributed by atoms with Gasteiger partial charge in [0.15, 0.2) is 10.8 Å². The fourth-order valence-corrected chi connectivity index (χ4v) is 11.7. The van der Waals surface area contributed by atoms with E-state index in [1.54, 1.807) is 21.9 Å². The monoisotopic (exact) mass is 808 g/mol. The number of amides is 2. The Hall–Kier alpha value is -4.11. The third kappa shape index (κ3) is 6.07. The van der Waals surface area contributed by atoms with Crippen LogP contribution in [-0.4, -0.2) is 74.4 Å². The molecular weight excluding hydrogens is 766 g/mol. The first kappa shape index (κ1) is 37.2. The van der Waals surface area contributed by atoms with Gasteiger partial charge in [-0.1, -0.05) is 0 Å². The largest absolute Gasteiger partial charge is 0.474 e. The zero-order chi connectivity index (χ0) is 39.3. The molecule has 0 N–H and O–H groups in total. The fourth-order valence-electron chi connectivity index (χ4n) is 11.2. The van der Waals surface area contributed by atoms with E-state index in [1.807, 2.05) is 0 Å². The standard InChI is InChI=1S/C40H43F3N6O7S/c41-40(42,43)31-18-28(22-45-32(31)20-44)48-34(50)37(8-2-9-37)49(35(48)57)27-4-5-33(46-21-27)52-29-6-11-47(12-7-29)36(51)53-30-3-1-10-38(19-30)54-39(56-55-38)25-14-23-13-24(16-25)17-26(39)15-23/h4-5,18,21-26,29-30H,1-3,6-17,19H2/t23?,24?,25?,26?,30-,38-,39?/m1/s1. The van der Waals surface area contributed by atoms with Crippen molar-refractivity contribution in [1.82, 2.24) is 14.9 Å². The first-order valence-electron chi connectivity index (χ1n) is 20.2. The maximum absolute atomic E-state index is 13.8. The molecule has 3 saturated heterocycles. The van der Waals surface area contributed by atoms with Gasteiger partial charge >= 0.3 is 12.3 Å². The van der Waals surface area contributed by atoms with Crippen LogP contribution in [0.4, 0.5) is 29.3 Å². The van der Waals surface area contributed by atoms with Crippen molar-refractivity contribution in [2.24, 2.45) is 23.7 Å². The molecular formula is C40H43F3N6O7S. The Balaban J connectivity index is 0.743. The number of hydrogen-bond acceptors (Lipinski definition) is 11. The van der Waals surface area contributed by atoms with Crippen LogP contribution in [-0.2, 0) is 30.2 Å². The quantitative estimate of drug-likeness (QED) is 0.223. The van der Waals surface area contributed by atoms with Crippen LogP contribution in [0.15, 0.2) is 30.6 Å². The number of aromatic nitrogens is 2. The number of pyridine rings is 2. The van der Waals surface area contributed by atoms with Gasteiger partial charge in [0.2, 0.25) is 17.5 Å². The highest BCUT2D eigenvalue weighted by molar-refractivity contribution is 7.81. The molecule has 6 saturated carbocycles. The van der Waals surface area contributed by atoms with Gasteiger partial charge in [0.1, 0.15) is 23.8 Å². The summed E-state index contributed by atoms with van der Waals surface area (Å²) in [5.74, 6) is 0.655. The molecule has 9 aliphatic rings. The van der Waals surface area contributed by atoms with Gasteiger partial charge in [0.05, 0.1) is 29.3 Å². The number of ether oxygens (including phenoxy) is 3. The maximum Gasteiger partial charge on any atom is 0.419 e. The van der Waals surface area contributed by atoms with Crippen LogP contribution in [0.25, 0.3) is 0 Å². The minimum Gasteiger partial charge on any atom is -0.474 e. The van der Waals surface area contributed by atoms with Gasteiger partial charge in [-0.05, 0) is 100 Å². The number of hydrogen-bond donors (Lipinski definition) is 0. The summed E-state index contributed by atoms with van der Waals surface area (Å²) >= 11 is 5.71. The normalized spacial score (nSPS) is 34.4. The third-order valence-corrected chi connectivity index (χ3v) is 14.3. The number of piperidine rings is 1. The zero-order valence-electron chi connectivity index (χ0n) is 31.2. The van der Waals surface area contributed by atoms with Crippen molar-refractivity contribution in [3.63, 3.8) is 0 Å². The highest BCUT2D eigenvalue weighted by Gasteiger charge is 2.67. The predicted octanol–water partition coefficient (Wildman–Crippen LogP) is 7.18. The Labute approximate surface area is 332 Å². The zero-order valence-corrected chi connectivity index (χ0v) is 32.1. The summed E-state index contributed by atoms with van der Waals surface area (Å²) in [5.41, 5.74) is -2.75. The molecule has 0 unspecified atom stereocenters. The average molecular weight is 809 g/mol. The van der Waals surface area contributed by atoms with E-state index in [-0.39, 0.29) is 29.1 Å². The SMILES string of the molecule is N#Cc1ncc(N2C(=O)C3(CCC3)N(c3ccc(OC4CCN(C(=O)O[C@@H]5CCC[C@]6(C5)OOC5(O6)C6CC7CC(C6)CC5C7)CC4)nc3)C2=S)cc1C(F)(F)F. The van der Waals surface area contributed by atoms with Crippen LogP contribution in [0.2, 0.25) is 0 Å². The van der Waals surface area contributed by atoms with Gasteiger partial charge in [-0.2, -0.15) is 28.2 Å². The summed E-state index contributed by atoms with van der Waals surface area (Å²) in [6, 6.07) is 5.60. The number of carbonyl (C=O) groups is 2. The van der Waals surface area contributed by atoms with Crippen LogP contribution in [0, 0.1) is 35.0 Å². The van der Waals surface area contributed by atoms with Crippen molar-refractivity contribution in [3.05, 3.63) is 41.9 Å². The van der Waals surface area contributed by atoms with Crippen LogP contribution >= 0.6 is 12.2 Å². The van der Waals surface area contributed by atoms with Crippen molar-refractivity contribution in [1.29, 1.82) is 5.26 Å². The summed E-state index contributed by atoms with van der Waals surface area (Å²) in [4.78, 5) is 52.0. The summed E-state index contributed by atoms with van der Waals surface area (Å²) in [6.45, 7) is 0.903. The van der Waals surface area contributed by atoms with Crippen LogP contribution in [0.3, 0.4) is 0 Å². The van der Waals surface area contributed by atoms with E-state index in [4.69, 9.17) is 36.2 Å². The lowest BCUT2D eigenvalue weighted by molar-refractivity contribution is -0.390. The second kappa shape index (κ2) is 13.5. The number of carbonyl (C=O) groups excluding carboxylic acids is 2. The fraction of sp³-hybridized carbons (Fsp3) is 0.650. The number of alkyl halides is 3. The molecule has 4 bridgehead atoms. The molecule has 17 heteroatoms. The number of nitriles is 1. The molecule has 3 aliphatic heterocycles. The van der Waals surface area contributed by atoms with Gasteiger partial charge < -0.3 is 24.0 Å². The minimum atomic E-state index is -4.85. The lowest BCUT2D eigenvalue weighted by Gasteiger charge is -2.57. The molecule has 0 radical (unpaired) electrons. The van der Waals surface area contributed by atoms with Crippen molar-refractivity contribution in [2.75, 3.05) is 22.9 Å². The van der Waals surface area contributed by atoms with Crippen molar-refractivity contribution >= 4 is 40.7 Å². The van der Waals surface area contributed by atoms with Gasteiger partial charge in [-0.15, -0.1) is 0 Å². The van der Waals surface area contributed by atoms with E-state index in [1.165, 1.54) is 18.7 Å². The predicted molar refractivity (Wildman–Crippen MR) is 197 cm³/mol. The smallest absolute Gasteiger partial charge is 0.419 e. The third-order valence-electron chi connectivity index (χ3n) is 13.9. The molecule has 5 heterocycles. The highest BCUT2D eigenvalue weighted by atomic mass is 32.1. The molecule has 2 atom stereocenters. The molecule has 0 aromatic carbocycles. The Morgan fingerprint density at radius 1 is 0.930 bits per heavy atom. The molecule has 2 aromatic rings. The molecule has 2 aromatic heterocycles. The van der Waals surface area contributed by atoms with E-state index < -0.39 is 40.5 Å². The number of nitrogens with zero attached hydrogens (tertiary/aromatic N) is 6. The van der Waals surface area contributed by atoms with E-state index in [0.29, 0.717) is 68.6 Å². The molecule has 2 amide bonds. The second-order valence-electron chi connectivity index (χ2n) is 17.3. The number of likely N-dealkylation sites (tertiary alicyclic amines) is 1. The van der Waals surface area contributed by atoms with E-state index in [9.17, 15) is 28.0 Å². The van der Waals surface area contributed by atoms with E-state index >= 15 is 0 Å². The Morgan fingerprint density at radius 3 is 2.28 bits per heavy atom. The summed E-state index contributed by atoms with van der Waals surface area (Å²) in [5, 5.41) is 9.19. The van der Waals surface area contributed by atoms with E-state index in [0.717, 1.165) is 80.4 Å². The molecule has 13 nitrogen and oxygen atoms in total. The number of rotatable bonds is 5. The van der Waals surface area contributed by atoms with Crippen LogP contribution in [0.5, 0.6) is 5.88 Å². The number of anilines is 2. The van der Waals surface area contributed by atoms with Crippen molar-refractivity contribution in [2.45, 2.75) is 125 Å². The molecule has 57 heavy (non-hydrogen) atoms.